The highest BCUT2D eigenvalue weighted by molar-refractivity contribution is 14.1. The first-order chi connectivity index (χ1) is 10.5. The van der Waals surface area contributed by atoms with Crippen LogP contribution in [-0.4, -0.2) is 24.1 Å². The SMILES string of the molecule is CCOC(=O)c1cc(I)cc(C(=O)c2ccco2)c1C(C)=O. The number of hydrogen-bond acceptors (Lipinski definition) is 5. The van der Waals surface area contributed by atoms with Crippen LogP contribution in [0, 0.1) is 3.57 Å². The molecule has 0 saturated heterocycles. The highest BCUT2D eigenvalue weighted by atomic mass is 127. The minimum absolute atomic E-state index is 0.0558. The van der Waals surface area contributed by atoms with E-state index < -0.39 is 11.8 Å². The maximum Gasteiger partial charge on any atom is 0.338 e. The molecular formula is C16H13IO5. The number of ketones is 2. The Morgan fingerprint density at radius 1 is 1.23 bits per heavy atom. The highest BCUT2D eigenvalue weighted by Gasteiger charge is 2.25. The van der Waals surface area contributed by atoms with Gasteiger partial charge in [-0.05, 0) is 60.7 Å². The fourth-order valence-corrected chi connectivity index (χ4v) is 2.70. The van der Waals surface area contributed by atoms with Crippen LogP contribution in [0.5, 0.6) is 0 Å². The lowest BCUT2D eigenvalue weighted by Crippen LogP contribution is -2.16. The van der Waals surface area contributed by atoms with Crippen LogP contribution in [0.15, 0.2) is 34.9 Å². The molecule has 5 nitrogen and oxygen atoms in total. The van der Waals surface area contributed by atoms with E-state index in [1.807, 2.05) is 22.6 Å². The van der Waals surface area contributed by atoms with E-state index in [9.17, 15) is 14.4 Å². The molecule has 0 N–H and O–H groups in total. The second-order valence-corrected chi connectivity index (χ2v) is 5.70. The average molecular weight is 412 g/mol. The molecule has 1 aromatic carbocycles. The van der Waals surface area contributed by atoms with Crippen molar-refractivity contribution in [1.29, 1.82) is 0 Å². The van der Waals surface area contributed by atoms with Crippen molar-refractivity contribution in [2.45, 2.75) is 13.8 Å². The second-order valence-electron chi connectivity index (χ2n) is 4.46. The molecule has 0 fully saturated rings. The summed E-state index contributed by atoms with van der Waals surface area (Å²) >= 11 is 1.98. The van der Waals surface area contributed by atoms with E-state index in [1.54, 1.807) is 19.1 Å². The molecule has 0 aliphatic rings. The Morgan fingerprint density at radius 3 is 2.45 bits per heavy atom. The third-order valence-corrected chi connectivity index (χ3v) is 3.56. The normalized spacial score (nSPS) is 10.3. The van der Waals surface area contributed by atoms with Crippen molar-refractivity contribution in [3.05, 3.63) is 56.5 Å². The average Bonchev–Trinajstić information content (AvgIpc) is 2.99. The summed E-state index contributed by atoms with van der Waals surface area (Å²) in [5.74, 6) is -1.34. The van der Waals surface area contributed by atoms with Crippen LogP contribution in [0.25, 0.3) is 0 Å². The smallest absolute Gasteiger partial charge is 0.338 e. The minimum atomic E-state index is -0.625. The van der Waals surface area contributed by atoms with Gasteiger partial charge in [0.15, 0.2) is 11.5 Å². The minimum Gasteiger partial charge on any atom is -0.462 e. The maximum absolute atomic E-state index is 12.5. The Labute approximate surface area is 140 Å². The predicted octanol–water partition coefficient (Wildman–Crippen LogP) is 3.49. The van der Waals surface area contributed by atoms with Gasteiger partial charge in [0.1, 0.15) is 0 Å². The van der Waals surface area contributed by atoms with Crippen molar-refractivity contribution in [2.24, 2.45) is 0 Å². The fraction of sp³-hybridized carbons (Fsp3) is 0.188. The topological polar surface area (TPSA) is 73.6 Å². The van der Waals surface area contributed by atoms with Crippen LogP contribution < -0.4 is 0 Å². The Kier molecular flexibility index (Phi) is 5.12. The zero-order chi connectivity index (χ0) is 16.3. The summed E-state index contributed by atoms with van der Waals surface area (Å²) in [4.78, 5) is 36.6. The van der Waals surface area contributed by atoms with Crippen molar-refractivity contribution in [3.8, 4) is 0 Å². The first kappa shape index (κ1) is 16.4. The van der Waals surface area contributed by atoms with E-state index in [1.165, 1.54) is 25.3 Å². The van der Waals surface area contributed by atoms with Gasteiger partial charge >= 0.3 is 5.97 Å². The zero-order valence-corrected chi connectivity index (χ0v) is 14.2. The van der Waals surface area contributed by atoms with E-state index in [-0.39, 0.29) is 34.8 Å². The first-order valence-corrected chi connectivity index (χ1v) is 7.63. The van der Waals surface area contributed by atoms with Crippen molar-refractivity contribution in [2.75, 3.05) is 6.61 Å². The molecule has 0 atom stereocenters. The van der Waals surface area contributed by atoms with Gasteiger partial charge in [0, 0.05) is 14.7 Å². The lowest BCUT2D eigenvalue weighted by Gasteiger charge is -2.11. The van der Waals surface area contributed by atoms with Crippen molar-refractivity contribution in [3.63, 3.8) is 0 Å². The molecule has 0 spiro atoms. The molecule has 114 valence electrons. The number of benzene rings is 1. The molecule has 22 heavy (non-hydrogen) atoms. The number of rotatable bonds is 5. The molecule has 1 heterocycles. The number of furan rings is 1. The van der Waals surface area contributed by atoms with E-state index in [4.69, 9.17) is 9.15 Å². The molecule has 6 heteroatoms. The summed E-state index contributed by atoms with van der Waals surface area (Å²) in [6, 6.07) is 6.19. The second kappa shape index (κ2) is 6.87. The number of carbonyl (C=O) groups is 3. The van der Waals surface area contributed by atoms with Crippen LogP contribution >= 0.6 is 22.6 Å². The van der Waals surface area contributed by atoms with E-state index in [0.717, 1.165) is 0 Å². The number of carbonyl (C=O) groups excluding carboxylic acids is 3. The summed E-state index contributed by atoms with van der Waals surface area (Å²) in [5.41, 5.74) is 0.286. The number of hydrogen-bond donors (Lipinski definition) is 0. The Hall–Kier alpha value is -1.96. The molecule has 1 aromatic heterocycles. The van der Waals surface area contributed by atoms with Gasteiger partial charge in [-0.1, -0.05) is 0 Å². The number of ether oxygens (including phenoxy) is 1. The summed E-state index contributed by atoms with van der Waals surface area (Å²) in [6.07, 6.45) is 1.38. The fourth-order valence-electron chi connectivity index (χ4n) is 2.08. The van der Waals surface area contributed by atoms with Crippen LogP contribution in [0.3, 0.4) is 0 Å². The largest absolute Gasteiger partial charge is 0.462 e. The number of Topliss-reactive ketones (excluding diaryl/α,β-unsaturated/α-hetero) is 1. The zero-order valence-electron chi connectivity index (χ0n) is 12.0. The van der Waals surface area contributed by atoms with Gasteiger partial charge in [0.2, 0.25) is 5.78 Å². The van der Waals surface area contributed by atoms with Gasteiger partial charge < -0.3 is 9.15 Å². The monoisotopic (exact) mass is 412 g/mol. The molecule has 0 saturated carbocycles. The lowest BCUT2D eigenvalue weighted by atomic mass is 9.94. The maximum atomic E-state index is 12.5. The van der Waals surface area contributed by atoms with E-state index in [2.05, 4.69) is 0 Å². The Balaban J connectivity index is 2.65. The number of halogens is 1. The van der Waals surface area contributed by atoms with Crippen molar-refractivity contribution in [1.82, 2.24) is 0 Å². The van der Waals surface area contributed by atoms with Crippen LogP contribution in [0.1, 0.15) is 50.7 Å². The Bertz CT molecular complexity index is 731. The third kappa shape index (κ3) is 3.27. The van der Waals surface area contributed by atoms with Crippen LogP contribution in [-0.2, 0) is 4.74 Å². The van der Waals surface area contributed by atoms with E-state index in [0.29, 0.717) is 3.57 Å². The third-order valence-electron chi connectivity index (χ3n) is 2.94. The van der Waals surface area contributed by atoms with Gasteiger partial charge in [0.25, 0.3) is 0 Å². The quantitative estimate of drug-likeness (QED) is 0.427. The molecule has 2 aromatic rings. The van der Waals surface area contributed by atoms with Crippen LogP contribution in [0.2, 0.25) is 0 Å². The summed E-state index contributed by atoms with van der Waals surface area (Å²) in [5, 5.41) is 0. The molecule has 0 aliphatic heterocycles. The van der Waals surface area contributed by atoms with Gasteiger partial charge in [-0.25, -0.2) is 4.79 Å². The summed E-state index contributed by atoms with van der Waals surface area (Å²) in [6.45, 7) is 3.17. The van der Waals surface area contributed by atoms with Gasteiger partial charge in [-0.3, -0.25) is 9.59 Å². The van der Waals surface area contributed by atoms with Gasteiger partial charge in [-0.15, -0.1) is 0 Å². The van der Waals surface area contributed by atoms with Gasteiger partial charge in [-0.2, -0.15) is 0 Å². The molecule has 0 radical (unpaired) electrons. The first-order valence-electron chi connectivity index (χ1n) is 6.55. The molecule has 0 bridgehead atoms. The Morgan fingerprint density at radius 2 is 1.91 bits per heavy atom. The highest BCUT2D eigenvalue weighted by Crippen LogP contribution is 2.24. The van der Waals surface area contributed by atoms with Crippen molar-refractivity contribution < 1.29 is 23.5 Å². The molecule has 0 amide bonds. The molecule has 0 aliphatic carbocycles. The van der Waals surface area contributed by atoms with Crippen molar-refractivity contribution >= 4 is 40.1 Å². The van der Waals surface area contributed by atoms with E-state index >= 15 is 0 Å². The molecule has 0 unspecified atom stereocenters. The van der Waals surface area contributed by atoms with Gasteiger partial charge in [0.05, 0.1) is 18.4 Å². The lowest BCUT2D eigenvalue weighted by molar-refractivity contribution is 0.0523. The standard InChI is InChI=1S/C16H13IO5/c1-3-21-16(20)12-8-10(17)7-11(14(12)9(2)18)15(19)13-5-4-6-22-13/h4-8H,3H2,1-2H3. The number of esters is 1. The molecular weight excluding hydrogens is 399 g/mol. The predicted molar refractivity (Wildman–Crippen MR) is 87.3 cm³/mol. The summed E-state index contributed by atoms with van der Waals surface area (Å²) in [7, 11) is 0. The molecule has 2 rings (SSSR count). The van der Waals surface area contributed by atoms with Crippen LogP contribution in [0.4, 0.5) is 0 Å². The summed E-state index contributed by atoms with van der Waals surface area (Å²) < 4.78 is 10.7.